The number of benzene rings is 1. The van der Waals surface area contributed by atoms with E-state index in [9.17, 15) is 14.7 Å². The fraction of sp³-hybridized carbons (Fsp3) is 0.500. The summed E-state index contributed by atoms with van der Waals surface area (Å²) in [5.74, 6) is -1.55. The zero-order valence-corrected chi connectivity index (χ0v) is 12.3. The van der Waals surface area contributed by atoms with E-state index in [1.165, 1.54) is 12.1 Å². The second-order valence-corrected chi connectivity index (χ2v) is 6.31. The molecule has 0 saturated heterocycles. The van der Waals surface area contributed by atoms with Gasteiger partial charge in [-0.25, -0.2) is 4.79 Å². The number of phenols is 1. The summed E-state index contributed by atoms with van der Waals surface area (Å²) in [4.78, 5) is 23.2. The SMILES string of the molecule is CC1(C)CCCCC1C(=O)Nc1ccc(C(=O)O)cc1O. The third-order valence-corrected chi connectivity index (χ3v) is 4.33. The normalized spacial score (nSPS) is 20.8. The van der Waals surface area contributed by atoms with Crippen molar-refractivity contribution in [3.8, 4) is 5.75 Å². The van der Waals surface area contributed by atoms with Crippen LogP contribution in [0.5, 0.6) is 5.75 Å². The van der Waals surface area contributed by atoms with E-state index in [-0.39, 0.29) is 34.2 Å². The Morgan fingerprint density at radius 3 is 2.57 bits per heavy atom. The minimum absolute atomic E-state index is 0.0107. The Morgan fingerprint density at radius 1 is 1.29 bits per heavy atom. The largest absolute Gasteiger partial charge is 0.506 e. The highest BCUT2D eigenvalue weighted by molar-refractivity contribution is 5.96. The molecular weight excluding hydrogens is 270 g/mol. The molecule has 1 aliphatic carbocycles. The molecule has 5 heteroatoms. The number of anilines is 1. The summed E-state index contributed by atoms with van der Waals surface area (Å²) >= 11 is 0. The summed E-state index contributed by atoms with van der Waals surface area (Å²) in [5.41, 5.74) is 0.189. The Bertz CT molecular complexity index is 565. The van der Waals surface area contributed by atoms with Crippen LogP contribution in [0.1, 0.15) is 49.9 Å². The molecule has 0 spiro atoms. The summed E-state index contributed by atoms with van der Waals surface area (Å²) in [6.07, 6.45) is 4.02. The van der Waals surface area contributed by atoms with Gasteiger partial charge < -0.3 is 15.5 Å². The van der Waals surface area contributed by atoms with Gasteiger partial charge in [-0.1, -0.05) is 26.7 Å². The van der Waals surface area contributed by atoms with Gasteiger partial charge in [0, 0.05) is 5.92 Å². The third-order valence-electron chi connectivity index (χ3n) is 4.33. The monoisotopic (exact) mass is 291 g/mol. The number of carboxylic acid groups (broad SMARTS) is 1. The van der Waals surface area contributed by atoms with E-state index in [4.69, 9.17) is 5.11 Å². The van der Waals surface area contributed by atoms with Crippen LogP contribution in [0.3, 0.4) is 0 Å². The molecule has 0 bridgehead atoms. The van der Waals surface area contributed by atoms with Gasteiger partial charge >= 0.3 is 5.97 Å². The van der Waals surface area contributed by atoms with Gasteiger partial charge in [-0.3, -0.25) is 4.79 Å². The number of amides is 1. The highest BCUT2D eigenvalue weighted by Gasteiger charge is 2.37. The van der Waals surface area contributed by atoms with Crippen LogP contribution in [-0.4, -0.2) is 22.1 Å². The first-order valence-electron chi connectivity index (χ1n) is 7.18. The van der Waals surface area contributed by atoms with Crippen molar-refractivity contribution in [2.24, 2.45) is 11.3 Å². The maximum Gasteiger partial charge on any atom is 0.335 e. The lowest BCUT2D eigenvalue weighted by Gasteiger charge is -2.37. The zero-order chi connectivity index (χ0) is 15.6. The van der Waals surface area contributed by atoms with Crippen molar-refractivity contribution in [2.75, 3.05) is 5.32 Å². The molecule has 1 aliphatic rings. The van der Waals surface area contributed by atoms with Gasteiger partial charge in [0.05, 0.1) is 11.3 Å². The molecule has 1 atom stereocenters. The van der Waals surface area contributed by atoms with Crippen LogP contribution in [0.25, 0.3) is 0 Å². The van der Waals surface area contributed by atoms with Crippen molar-refractivity contribution in [1.82, 2.24) is 0 Å². The van der Waals surface area contributed by atoms with E-state index in [1.54, 1.807) is 0 Å². The molecule has 1 aromatic rings. The first-order valence-corrected chi connectivity index (χ1v) is 7.18. The molecule has 1 saturated carbocycles. The molecule has 0 radical (unpaired) electrons. The number of aromatic carboxylic acids is 1. The van der Waals surface area contributed by atoms with E-state index in [2.05, 4.69) is 19.2 Å². The second-order valence-electron chi connectivity index (χ2n) is 6.31. The van der Waals surface area contributed by atoms with Crippen molar-refractivity contribution < 1.29 is 19.8 Å². The van der Waals surface area contributed by atoms with Crippen molar-refractivity contribution >= 4 is 17.6 Å². The van der Waals surface area contributed by atoms with Crippen LogP contribution in [0.4, 0.5) is 5.69 Å². The molecule has 0 aliphatic heterocycles. The second kappa shape index (κ2) is 5.76. The van der Waals surface area contributed by atoms with Gasteiger partial charge in [-0.15, -0.1) is 0 Å². The van der Waals surface area contributed by atoms with Gasteiger partial charge in [0.2, 0.25) is 5.91 Å². The van der Waals surface area contributed by atoms with Crippen LogP contribution in [0.2, 0.25) is 0 Å². The molecule has 1 aromatic carbocycles. The minimum atomic E-state index is -1.11. The molecule has 21 heavy (non-hydrogen) atoms. The molecule has 0 heterocycles. The summed E-state index contributed by atoms with van der Waals surface area (Å²) < 4.78 is 0. The Morgan fingerprint density at radius 2 is 2.00 bits per heavy atom. The van der Waals surface area contributed by atoms with Gasteiger partial charge in [0.1, 0.15) is 5.75 Å². The molecule has 3 N–H and O–H groups in total. The van der Waals surface area contributed by atoms with Gasteiger partial charge in [-0.05, 0) is 36.5 Å². The van der Waals surface area contributed by atoms with E-state index in [0.717, 1.165) is 31.7 Å². The lowest BCUT2D eigenvalue weighted by Crippen LogP contribution is -2.37. The molecule has 0 aromatic heterocycles. The van der Waals surface area contributed by atoms with E-state index < -0.39 is 5.97 Å². The van der Waals surface area contributed by atoms with Crippen LogP contribution >= 0.6 is 0 Å². The number of carboxylic acids is 1. The quantitative estimate of drug-likeness (QED) is 0.746. The smallest absolute Gasteiger partial charge is 0.335 e. The minimum Gasteiger partial charge on any atom is -0.506 e. The summed E-state index contributed by atoms with van der Waals surface area (Å²) in [6, 6.07) is 3.93. The van der Waals surface area contributed by atoms with Crippen LogP contribution in [0.15, 0.2) is 18.2 Å². The first-order chi connectivity index (χ1) is 9.81. The Labute approximate surface area is 124 Å². The van der Waals surface area contributed by atoms with E-state index in [1.807, 2.05) is 0 Å². The van der Waals surface area contributed by atoms with Crippen LogP contribution in [0, 0.1) is 11.3 Å². The standard InChI is InChI=1S/C16H21NO4/c1-16(2)8-4-3-5-11(16)14(19)17-12-7-6-10(15(20)21)9-13(12)18/h6-7,9,11,18H,3-5,8H2,1-2H3,(H,17,19)(H,20,21). The van der Waals surface area contributed by atoms with Gasteiger partial charge in [0.15, 0.2) is 0 Å². The van der Waals surface area contributed by atoms with Gasteiger partial charge in [-0.2, -0.15) is 0 Å². The molecule has 1 unspecified atom stereocenters. The molecule has 1 amide bonds. The fourth-order valence-corrected chi connectivity index (χ4v) is 2.97. The third kappa shape index (κ3) is 3.35. The topological polar surface area (TPSA) is 86.6 Å². The van der Waals surface area contributed by atoms with Crippen molar-refractivity contribution in [3.63, 3.8) is 0 Å². The molecule has 2 rings (SSSR count). The van der Waals surface area contributed by atoms with E-state index >= 15 is 0 Å². The van der Waals surface area contributed by atoms with Crippen molar-refractivity contribution in [1.29, 1.82) is 0 Å². The zero-order valence-electron chi connectivity index (χ0n) is 12.3. The van der Waals surface area contributed by atoms with Crippen LogP contribution in [-0.2, 0) is 4.79 Å². The summed E-state index contributed by atoms with van der Waals surface area (Å²) in [5, 5.41) is 21.4. The number of hydrogen-bond acceptors (Lipinski definition) is 3. The van der Waals surface area contributed by atoms with E-state index in [0.29, 0.717) is 0 Å². The highest BCUT2D eigenvalue weighted by Crippen LogP contribution is 2.41. The number of hydrogen-bond donors (Lipinski definition) is 3. The number of rotatable bonds is 3. The predicted molar refractivity (Wildman–Crippen MR) is 79.4 cm³/mol. The molecule has 5 nitrogen and oxygen atoms in total. The molecule has 1 fully saturated rings. The lowest BCUT2D eigenvalue weighted by molar-refractivity contribution is -0.124. The summed E-state index contributed by atoms with van der Waals surface area (Å²) in [6.45, 7) is 4.17. The van der Waals surface area contributed by atoms with Crippen molar-refractivity contribution in [2.45, 2.75) is 39.5 Å². The Balaban J connectivity index is 2.14. The number of carbonyl (C=O) groups is 2. The molecule has 114 valence electrons. The first kappa shape index (κ1) is 15.4. The molecular formula is C16H21NO4. The number of carbonyl (C=O) groups excluding carboxylic acids is 1. The Kier molecular flexibility index (Phi) is 4.21. The fourth-order valence-electron chi connectivity index (χ4n) is 2.97. The van der Waals surface area contributed by atoms with Crippen molar-refractivity contribution in [3.05, 3.63) is 23.8 Å². The number of nitrogens with one attached hydrogen (secondary N) is 1. The number of aromatic hydroxyl groups is 1. The van der Waals surface area contributed by atoms with Gasteiger partial charge in [0.25, 0.3) is 0 Å². The Hall–Kier alpha value is -2.04. The van der Waals surface area contributed by atoms with Crippen LogP contribution < -0.4 is 5.32 Å². The highest BCUT2D eigenvalue weighted by atomic mass is 16.4. The maximum atomic E-state index is 12.4. The lowest BCUT2D eigenvalue weighted by atomic mass is 9.68. The average Bonchev–Trinajstić information content (AvgIpc) is 2.40. The summed E-state index contributed by atoms with van der Waals surface area (Å²) in [7, 11) is 0. The average molecular weight is 291 g/mol. The maximum absolute atomic E-state index is 12.4. The predicted octanol–water partition coefficient (Wildman–Crippen LogP) is 3.25. The number of phenolic OH excluding ortho intramolecular Hbond substituents is 1.